The van der Waals surface area contributed by atoms with E-state index in [0.717, 1.165) is 6.07 Å². The van der Waals surface area contributed by atoms with E-state index >= 15 is 0 Å². The van der Waals surface area contributed by atoms with Crippen LogP contribution in [-0.2, 0) is 6.54 Å². The lowest BCUT2D eigenvalue weighted by Crippen LogP contribution is -2.23. The van der Waals surface area contributed by atoms with Gasteiger partial charge in [0.25, 0.3) is 5.91 Å². The molecule has 2 aromatic rings. The van der Waals surface area contributed by atoms with Gasteiger partial charge in [0.2, 0.25) is 0 Å². The van der Waals surface area contributed by atoms with Gasteiger partial charge in [0.05, 0.1) is 13.7 Å². The van der Waals surface area contributed by atoms with Gasteiger partial charge in [0, 0.05) is 18.0 Å². The normalized spacial score (nSPS) is 10.1. The average Bonchev–Trinajstić information content (AvgIpc) is 2.89. The molecule has 0 fully saturated rings. The Kier molecular flexibility index (Phi) is 3.57. The first kappa shape index (κ1) is 12.1. The quantitative estimate of drug-likeness (QED) is 0.862. The van der Waals surface area contributed by atoms with Gasteiger partial charge in [-0.2, -0.15) is 0 Å². The van der Waals surface area contributed by atoms with Crippen LogP contribution in [0.5, 0.6) is 5.75 Å². The van der Waals surface area contributed by atoms with Crippen LogP contribution in [0.2, 0.25) is 0 Å². The molecule has 5 nitrogen and oxygen atoms in total. The van der Waals surface area contributed by atoms with E-state index in [2.05, 4.69) is 15.3 Å². The van der Waals surface area contributed by atoms with Crippen LogP contribution in [0.3, 0.4) is 0 Å². The molecule has 2 rings (SSSR count). The van der Waals surface area contributed by atoms with Crippen LogP contribution in [0, 0.1) is 5.82 Å². The summed E-state index contributed by atoms with van der Waals surface area (Å²) in [5.74, 6) is -0.189. The number of nitrogens with zero attached hydrogens (tertiary/aromatic N) is 1. The number of benzene rings is 1. The fourth-order valence-electron chi connectivity index (χ4n) is 1.47. The van der Waals surface area contributed by atoms with Crippen LogP contribution in [0.1, 0.15) is 16.2 Å². The molecule has 0 spiro atoms. The molecule has 2 N–H and O–H groups in total. The lowest BCUT2D eigenvalue weighted by atomic mass is 10.2. The SMILES string of the molecule is COc1ccc(C(=O)NCc2ncc[nH]2)cc1F. The summed E-state index contributed by atoms with van der Waals surface area (Å²) < 4.78 is 18.2. The minimum atomic E-state index is -0.567. The van der Waals surface area contributed by atoms with E-state index in [4.69, 9.17) is 4.74 Å². The number of ether oxygens (including phenoxy) is 1. The maximum Gasteiger partial charge on any atom is 0.251 e. The number of hydrogen-bond acceptors (Lipinski definition) is 3. The van der Waals surface area contributed by atoms with Crippen LogP contribution in [0.15, 0.2) is 30.6 Å². The number of aromatic amines is 1. The standard InChI is InChI=1S/C12H12FN3O2/c1-18-10-3-2-8(6-9(10)13)12(17)16-7-11-14-4-5-15-11/h2-6H,7H2,1H3,(H,14,15)(H,16,17). The van der Waals surface area contributed by atoms with Crippen molar-refractivity contribution in [3.05, 3.63) is 47.8 Å². The average molecular weight is 249 g/mol. The second-order valence-electron chi connectivity index (χ2n) is 3.57. The Morgan fingerprint density at radius 3 is 3.00 bits per heavy atom. The van der Waals surface area contributed by atoms with Crippen LogP contribution in [0.25, 0.3) is 0 Å². The van der Waals surface area contributed by atoms with E-state index < -0.39 is 5.82 Å². The summed E-state index contributed by atoms with van der Waals surface area (Å²) in [6.45, 7) is 0.263. The number of methoxy groups -OCH3 is 1. The molecule has 0 unspecified atom stereocenters. The van der Waals surface area contributed by atoms with Gasteiger partial charge >= 0.3 is 0 Å². The first-order valence-electron chi connectivity index (χ1n) is 5.30. The molecular formula is C12H12FN3O2. The lowest BCUT2D eigenvalue weighted by Gasteiger charge is -2.05. The summed E-state index contributed by atoms with van der Waals surface area (Å²) in [6.07, 6.45) is 3.25. The summed E-state index contributed by atoms with van der Waals surface area (Å²) in [5.41, 5.74) is 0.236. The van der Waals surface area contributed by atoms with Gasteiger partial charge in [-0.05, 0) is 18.2 Å². The number of rotatable bonds is 4. The largest absolute Gasteiger partial charge is 0.494 e. The second-order valence-corrected chi connectivity index (χ2v) is 3.57. The van der Waals surface area contributed by atoms with E-state index in [-0.39, 0.29) is 23.8 Å². The van der Waals surface area contributed by atoms with Crippen molar-refractivity contribution in [2.45, 2.75) is 6.54 Å². The Morgan fingerprint density at radius 1 is 1.56 bits per heavy atom. The van der Waals surface area contributed by atoms with Crippen molar-refractivity contribution in [2.24, 2.45) is 0 Å². The number of amides is 1. The van der Waals surface area contributed by atoms with E-state index in [0.29, 0.717) is 5.82 Å². The molecule has 6 heteroatoms. The summed E-state index contributed by atoms with van der Waals surface area (Å²) in [4.78, 5) is 18.5. The molecule has 0 atom stereocenters. The highest BCUT2D eigenvalue weighted by atomic mass is 19.1. The van der Waals surface area contributed by atoms with Gasteiger partial charge in [-0.1, -0.05) is 0 Å². The number of hydrogen-bond donors (Lipinski definition) is 2. The van der Waals surface area contributed by atoms with Crippen molar-refractivity contribution < 1.29 is 13.9 Å². The van der Waals surface area contributed by atoms with E-state index in [9.17, 15) is 9.18 Å². The first-order chi connectivity index (χ1) is 8.70. The molecule has 1 heterocycles. The van der Waals surface area contributed by atoms with Crippen molar-refractivity contribution in [3.63, 3.8) is 0 Å². The molecule has 18 heavy (non-hydrogen) atoms. The number of carbonyl (C=O) groups is 1. The minimum Gasteiger partial charge on any atom is -0.494 e. The third-order valence-corrected chi connectivity index (χ3v) is 2.39. The van der Waals surface area contributed by atoms with Gasteiger partial charge in [-0.3, -0.25) is 4.79 Å². The zero-order valence-electron chi connectivity index (χ0n) is 9.74. The monoisotopic (exact) mass is 249 g/mol. The second kappa shape index (κ2) is 5.31. The highest BCUT2D eigenvalue weighted by Crippen LogP contribution is 2.17. The molecule has 0 aliphatic carbocycles. The van der Waals surface area contributed by atoms with E-state index in [1.165, 1.54) is 19.2 Å². The summed E-state index contributed by atoms with van der Waals surface area (Å²) in [7, 11) is 1.37. The van der Waals surface area contributed by atoms with Gasteiger partial charge < -0.3 is 15.0 Å². The Bertz CT molecular complexity index is 540. The molecule has 0 saturated heterocycles. The topological polar surface area (TPSA) is 67.0 Å². The van der Waals surface area contributed by atoms with Gasteiger partial charge in [-0.15, -0.1) is 0 Å². The zero-order valence-corrected chi connectivity index (χ0v) is 9.74. The van der Waals surface area contributed by atoms with Crippen molar-refractivity contribution in [3.8, 4) is 5.75 Å². The molecule has 0 aliphatic heterocycles. The molecule has 0 saturated carbocycles. The predicted octanol–water partition coefficient (Wildman–Crippen LogP) is 1.49. The zero-order chi connectivity index (χ0) is 13.0. The number of imidazole rings is 1. The number of aromatic nitrogens is 2. The van der Waals surface area contributed by atoms with Gasteiger partial charge in [0.1, 0.15) is 5.82 Å². The van der Waals surface area contributed by atoms with Crippen molar-refractivity contribution in [1.29, 1.82) is 0 Å². The lowest BCUT2D eigenvalue weighted by molar-refractivity contribution is 0.0949. The van der Waals surface area contributed by atoms with Crippen LogP contribution >= 0.6 is 0 Å². The van der Waals surface area contributed by atoms with Crippen LogP contribution < -0.4 is 10.1 Å². The molecule has 0 bridgehead atoms. The Hall–Kier alpha value is -2.37. The molecule has 94 valence electrons. The Labute approximate surface area is 103 Å². The number of nitrogens with one attached hydrogen (secondary N) is 2. The molecule has 0 aliphatic rings. The maximum atomic E-state index is 13.4. The molecule has 1 aromatic heterocycles. The van der Waals surface area contributed by atoms with Crippen molar-refractivity contribution in [2.75, 3.05) is 7.11 Å². The van der Waals surface area contributed by atoms with Gasteiger partial charge in [-0.25, -0.2) is 9.37 Å². The maximum absolute atomic E-state index is 13.4. The first-order valence-corrected chi connectivity index (χ1v) is 5.30. The fourth-order valence-corrected chi connectivity index (χ4v) is 1.47. The van der Waals surface area contributed by atoms with Crippen molar-refractivity contribution in [1.82, 2.24) is 15.3 Å². The molecule has 1 aromatic carbocycles. The summed E-state index contributed by atoms with van der Waals surface area (Å²) in [5, 5.41) is 2.63. The smallest absolute Gasteiger partial charge is 0.251 e. The summed E-state index contributed by atoms with van der Waals surface area (Å²) >= 11 is 0. The van der Waals surface area contributed by atoms with Gasteiger partial charge in [0.15, 0.2) is 11.6 Å². The van der Waals surface area contributed by atoms with E-state index in [1.54, 1.807) is 12.4 Å². The number of H-pyrrole nitrogens is 1. The predicted molar refractivity (Wildman–Crippen MR) is 62.7 cm³/mol. The van der Waals surface area contributed by atoms with Crippen LogP contribution in [-0.4, -0.2) is 23.0 Å². The highest BCUT2D eigenvalue weighted by molar-refractivity contribution is 5.94. The Morgan fingerprint density at radius 2 is 2.39 bits per heavy atom. The minimum absolute atomic E-state index is 0.109. The third-order valence-electron chi connectivity index (χ3n) is 2.39. The van der Waals surface area contributed by atoms with E-state index in [1.807, 2.05) is 0 Å². The number of carbonyl (C=O) groups excluding carboxylic acids is 1. The van der Waals surface area contributed by atoms with Crippen LogP contribution in [0.4, 0.5) is 4.39 Å². The van der Waals surface area contributed by atoms with Crippen molar-refractivity contribution >= 4 is 5.91 Å². The third kappa shape index (κ3) is 2.65. The summed E-state index contributed by atoms with van der Waals surface area (Å²) in [6, 6.07) is 4.05. The highest BCUT2D eigenvalue weighted by Gasteiger charge is 2.10. The molecule has 1 amide bonds. The fraction of sp³-hybridized carbons (Fsp3) is 0.167. The molecule has 0 radical (unpaired) electrons. The number of halogens is 1. The molecular weight excluding hydrogens is 237 g/mol. The Balaban J connectivity index is 2.02.